The van der Waals surface area contributed by atoms with Crippen LogP contribution in [0, 0.1) is 11.6 Å². The molecule has 1 aromatic rings. The SMILES string of the molecule is CN(C)CCNS(=O)(=O)c1c(F)cc(F)cc1Br. The second kappa shape index (κ2) is 6.05. The van der Waals surface area contributed by atoms with Gasteiger partial charge in [0, 0.05) is 23.6 Å². The molecule has 4 nitrogen and oxygen atoms in total. The van der Waals surface area contributed by atoms with Crippen molar-refractivity contribution in [3.8, 4) is 0 Å². The van der Waals surface area contributed by atoms with Gasteiger partial charge in [-0.15, -0.1) is 0 Å². The molecule has 0 atom stereocenters. The Kier molecular flexibility index (Phi) is 5.20. The van der Waals surface area contributed by atoms with Crippen molar-refractivity contribution in [2.24, 2.45) is 0 Å². The Morgan fingerprint density at radius 1 is 1.33 bits per heavy atom. The Bertz CT molecular complexity index is 512. The van der Waals surface area contributed by atoms with E-state index in [0.717, 1.165) is 6.07 Å². The van der Waals surface area contributed by atoms with Gasteiger partial charge >= 0.3 is 0 Å². The van der Waals surface area contributed by atoms with E-state index in [1.54, 1.807) is 19.0 Å². The molecule has 0 saturated carbocycles. The first-order valence-corrected chi connectivity index (χ1v) is 7.30. The lowest BCUT2D eigenvalue weighted by atomic mass is 10.3. The zero-order valence-electron chi connectivity index (χ0n) is 9.87. The van der Waals surface area contributed by atoms with Crippen LogP contribution in [-0.4, -0.2) is 40.5 Å². The first kappa shape index (κ1) is 15.5. The van der Waals surface area contributed by atoms with Crippen molar-refractivity contribution in [1.29, 1.82) is 0 Å². The van der Waals surface area contributed by atoms with E-state index >= 15 is 0 Å². The fourth-order valence-corrected chi connectivity index (χ4v) is 3.44. The van der Waals surface area contributed by atoms with E-state index < -0.39 is 26.6 Å². The Labute approximate surface area is 113 Å². The minimum atomic E-state index is -4.00. The summed E-state index contributed by atoms with van der Waals surface area (Å²) in [6.07, 6.45) is 0. The van der Waals surface area contributed by atoms with E-state index in [1.807, 2.05) is 0 Å². The predicted octanol–water partition coefficient (Wildman–Crippen LogP) is 1.57. The van der Waals surface area contributed by atoms with Crippen LogP contribution in [0.1, 0.15) is 0 Å². The number of hydrogen-bond donors (Lipinski definition) is 1. The number of likely N-dealkylation sites (N-methyl/N-ethyl adjacent to an activating group) is 1. The first-order chi connectivity index (χ1) is 8.24. The van der Waals surface area contributed by atoms with Crippen molar-refractivity contribution in [2.45, 2.75) is 4.90 Å². The van der Waals surface area contributed by atoms with Crippen LogP contribution < -0.4 is 4.72 Å². The lowest BCUT2D eigenvalue weighted by molar-refractivity contribution is 0.412. The topological polar surface area (TPSA) is 49.4 Å². The smallest absolute Gasteiger partial charge is 0.244 e. The molecule has 0 fully saturated rings. The molecule has 0 amide bonds. The van der Waals surface area contributed by atoms with Crippen molar-refractivity contribution in [3.63, 3.8) is 0 Å². The molecule has 0 unspecified atom stereocenters. The second-order valence-electron chi connectivity index (χ2n) is 3.90. The van der Waals surface area contributed by atoms with Crippen LogP contribution in [0.25, 0.3) is 0 Å². The standard InChI is InChI=1S/C10H13BrF2N2O2S/c1-15(2)4-3-14-18(16,17)10-8(11)5-7(12)6-9(10)13/h5-6,14H,3-4H2,1-2H3. The highest BCUT2D eigenvalue weighted by Crippen LogP contribution is 2.25. The molecule has 0 aliphatic rings. The Morgan fingerprint density at radius 3 is 2.44 bits per heavy atom. The molecule has 0 spiro atoms. The van der Waals surface area contributed by atoms with E-state index in [1.165, 1.54) is 0 Å². The highest BCUT2D eigenvalue weighted by atomic mass is 79.9. The summed E-state index contributed by atoms with van der Waals surface area (Å²) in [7, 11) is -0.438. The van der Waals surface area contributed by atoms with Gasteiger partial charge in [-0.25, -0.2) is 21.9 Å². The van der Waals surface area contributed by atoms with Crippen molar-refractivity contribution in [1.82, 2.24) is 9.62 Å². The predicted molar refractivity (Wildman–Crippen MR) is 67.8 cm³/mol. The molecule has 18 heavy (non-hydrogen) atoms. The summed E-state index contributed by atoms with van der Waals surface area (Å²) in [4.78, 5) is 1.20. The van der Waals surface area contributed by atoms with Gasteiger partial charge in [-0.3, -0.25) is 0 Å². The molecule has 0 aromatic heterocycles. The van der Waals surface area contributed by atoms with Gasteiger partial charge in [0.1, 0.15) is 16.5 Å². The fourth-order valence-electron chi connectivity index (χ4n) is 1.26. The minimum Gasteiger partial charge on any atom is -0.308 e. The molecule has 1 aromatic carbocycles. The summed E-state index contributed by atoms with van der Waals surface area (Å²) in [6.45, 7) is 0.609. The summed E-state index contributed by atoms with van der Waals surface area (Å²) in [5, 5.41) is 0. The molecule has 0 heterocycles. The maximum absolute atomic E-state index is 13.5. The van der Waals surface area contributed by atoms with Crippen LogP contribution in [0.15, 0.2) is 21.5 Å². The van der Waals surface area contributed by atoms with Crippen molar-refractivity contribution in [3.05, 3.63) is 28.2 Å². The third-order valence-electron chi connectivity index (χ3n) is 2.08. The zero-order chi connectivity index (χ0) is 13.9. The van der Waals surface area contributed by atoms with Crippen LogP contribution >= 0.6 is 15.9 Å². The van der Waals surface area contributed by atoms with Crippen LogP contribution in [0.2, 0.25) is 0 Å². The van der Waals surface area contributed by atoms with Gasteiger partial charge in [-0.1, -0.05) is 0 Å². The molecule has 0 radical (unpaired) electrons. The average Bonchev–Trinajstić information content (AvgIpc) is 2.13. The number of hydrogen-bond acceptors (Lipinski definition) is 3. The van der Waals surface area contributed by atoms with Gasteiger partial charge in [0.2, 0.25) is 10.0 Å². The largest absolute Gasteiger partial charge is 0.308 e. The maximum atomic E-state index is 13.5. The number of sulfonamides is 1. The van der Waals surface area contributed by atoms with E-state index in [4.69, 9.17) is 0 Å². The first-order valence-electron chi connectivity index (χ1n) is 5.03. The lowest BCUT2D eigenvalue weighted by Crippen LogP contribution is -2.32. The van der Waals surface area contributed by atoms with Crippen LogP contribution in [0.5, 0.6) is 0 Å². The Balaban J connectivity index is 2.99. The van der Waals surface area contributed by atoms with Gasteiger partial charge < -0.3 is 4.90 Å². The molecule has 1 N–H and O–H groups in total. The zero-order valence-corrected chi connectivity index (χ0v) is 12.3. The highest BCUT2D eigenvalue weighted by Gasteiger charge is 2.23. The molecular formula is C10H13BrF2N2O2S. The van der Waals surface area contributed by atoms with Gasteiger partial charge in [-0.05, 0) is 36.1 Å². The Morgan fingerprint density at radius 2 is 1.94 bits per heavy atom. The normalized spacial score (nSPS) is 12.1. The number of halogens is 3. The minimum absolute atomic E-state index is 0.137. The summed E-state index contributed by atoms with van der Waals surface area (Å²) in [5.41, 5.74) is 0. The van der Waals surface area contributed by atoms with Crippen LogP contribution in [-0.2, 0) is 10.0 Å². The third-order valence-corrected chi connectivity index (χ3v) is 4.51. The monoisotopic (exact) mass is 342 g/mol. The van der Waals surface area contributed by atoms with Gasteiger partial charge in [-0.2, -0.15) is 0 Å². The quantitative estimate of drug-likeness (QED) is 0.883. The van der Waals surface area contributed by atoms with Crippen LogP contribution in [0.4, 0.5) is 8.78 Å². The van der Waals surface area contributed by atoms with E-state index in [2.05, 4.69) is 20.7 Å². The molecule has 1 rings (SSSR count). The number of nitrogens with one attached hydrogen (secondary N) is 1. The van der Waals surface area contributed by atoms with Gasteiger partial charge in [0.05, 0.1) is 0 Å². The fraction of sp³-hybridized carbons (Fsp3) is 0.400. The lowest BCUT2D eigenvalue weighted by Gasteiger charge is -2.12. The number of nitrogens with zero attached hydrogens (tertiary/aromatic N) is 1. The van der Waals surface area contributed by atoms with E-state index in [0.29, 0.717) is 12.6 Å². The van der Waals surface area contributed by atoms with Gasteiger partial charge in [0.15, 0.2) is 0 Å². The maximum Gasteiger partial charge on any atom is 0.244 e. The second-order valence-corrected chi connectivity index (χ2v) is 6.46. The van der Waals surface area contributed by atoms with Crippen molar-refractivity contribution in [2.75, 3.05) is 27.2 Å². The summed E-state index contributed by atoms with van der Waals surface area (Å²) in [5.74, 6) is -1.97. The van der Waals surface area contributed by atoms with E-state index in [9.17, 15) is 17.2 Å². The third kappa shape index (κ3) is 3.98. The number of benzene rings is 1. The van der Waals surface area contributed by atoms with E-state index in [-0.39, 0.29) is 11.0 Å². The summed E-state index contributed by atoms with van der Waals surface area (Å²) in [6, 6.07) is 1.44. The molecule has 0 aliphatic heterocycles. The van der Waals surface area contributed by atoms with Gasteiger partial charge in [0.25, 0.3) is 0 Å². The molecule has 0 bridgehead atoms. The summed E-state index contributed by atoms with van der Waals surface area (Å²) < 4.78 is 52.1. The Hall–Kier alpha value is -0.570. The number of rotatable bonds is 5. The molecule has 0 saturated heterocycles. The molecular weight excluding hydrogens is 330 g/mol. The van der Waals surface area contributed by atoms with Crippen molar-refractivity contribution >= 4 is 26.0 Å². The summed E-state index contributed by atoms with van der Waals surface area (Å²) >= 11 is 2.85. The highest BCUT2D eigenvalue weighted by molar-refractivity contribution is 9.10. The average molecular weight is 343 g/mol. The van der Waals surface area contributed by atoms with Crippen molar-refractivity contribution < 1.29 is 17.2 Å². The molecule has 8 heteroatoms. The van der Waals surface area contributed by atoms with Crippen LogP contribution in [0.3, 0.4) is 0 Å². The molecule has 0 aliphatic carbocycles. The molecule has 102 valence electrons.